The van der Waals surface area contributed by atoms with E-state index in [4.69, 9.17) is 19.9 Å². The van der Waals surface area contributed by atoms with Crippen LogP contribution in [0, 0.1) is 0 Å². The molecule has 6 nitrogen and oxygen atoms in total. The lowest BCUT2D eigenvalue weighted by molar-refractivity contribution is -0.127. The minimum Gasteiger partial charge on any atom is -0.490 e. The van der Waals surface area contributed by atoms with Gasteiger partial charge in [-0.05, 0) is 31.5 Å². The molecule has 3 N–H and O–H groups in total. The Morgan fingerprint density at radius 2 is 2.14 bits per heavy atom. The zero-order chi connectivity index (χ0) is 15.7. The molecule has 0 spiro atoms. The normalized spacial score (nSPS) is 11.8. The Hall–Kier alpha value is -1.79. The molecule has 0 aliphatic heterocycles. The Balaban J connectivity index is 2.69. The molecule has 1 aromatic carbocycles. The highest BCUT2D eigenvalue weighted by molar-refractivity contribution is 5.80. The Bertz CT molecular complexity index is 451. The van der Waals surface area contributed by atoms with Gasteiger partial charge in [-0.15, -0.1) is 0 Å². The summed E-state index contributed by atoms with van der Waals surface area (Å²) in [5.74, 6) is 0.929. The van der Waals surface area contributed by atoms with Crippen molar-refractivity contribution in [3.8, 4) is 11.5 Å². The molecule has 0 saturated heterocycles. The molecule has 0 heterocycles. The van der Waals surface area contributed by atoms with E-state index >= 15 is 0 Å². The van der Waals surface area contributed by atoms with E-state index in [-0.39, 0.29) is 5.91 Å². The second-order valence-electron chi connectivity index (χ2n) is 4.46. The van der Waals surface area contributed by atoms with Gasteiger partial charge in [0, 0.05) is 20.2 Å². The molecule has 21 heavy (non-hydrogen) atoms. The predicted octanol–water partition coefficient (Wildman–Crippen LogP) is 1.07. The van der Waals surface area contributed by atoms with E-state index < -0.39 is 6.10 Å². The van der Waals surface area contributed by atoms with E-state index in [0.717, 1.165) is 5.56 Å². The summed E-state index contributed by atoms with van der Waals surface area (Å²) in [5.41, 5.74) is 6.56. The first-order chi connectivity index (χ1) is 10.1. The maximum absolute atomic E-state index is 11.9. The van der Waals surface area contributed by atoms with E-state index in [0.29, 0.717) is 37.8 Å². The number of carbonyl (C=O) groups excluding carboxylic acids is 1. The second kappa shape index (κ2) is 9.20. The summed E-state index contributed by atoms with van der Waals surface area (Å²) in [4.78, 5) is 11.9. The second-order valence-corrected chi connectivity index (χ2v) is 4.46. The SMILES string of the molecule is CCOc1cc(CN)ccc1OC(C)C(=O)NCCOC. The largest absolute Gasteiger partial charge is 0.490 e. The minimum atomic E-state index is -0.621. The standard InChI is InChI=1S/C15H24N2O4/c1-4-20-14-9-12(10-16)5-6-13(14)21-11(2)15(18)17-7-8-19-3/h5-6,9,11H,4,7-8,10,16H2,1-3H3,(H,17,18). The average Bonchev–Trinajstić information content (AvgIpc) is 2.49. The van der Waals surface area contributed by atoms with E-state index in [2.05, 4.69) is 5.32 Å². The third kappa shape index (κ3) is 5.61. The third-order valence-electron chi connectivity index (χ3n) is 2.82. The van der Waals surface area contributed by atoms with Crippen LogP contribution < -0.4 is 20.5 Å². The van der Waals surface area contributed by atoms with Crippen molar-refractivity contribution in [2.45, 2.75) is 26.5 Å². The van der Waals surface area contributed by atoms with Gasteiger partial charge >= 0.3 is 0 Å². The fourth-order valence-electron chi connectivity index (χ4n) is 1.71. The summed E-state index contributed by atoms with van der Waals surface area (Å²) in [6, 6.07) is 5.45. The summed E-state index contributed by atoms with van der Waals surface area (Å²) < 4.78 is 16.1. The average molecular weight is 296 g/mol. The Kier molecular flexibility index (Phi) is 7.56. The van der Waals surface area contributed by atoms with Crippen molar-refractivity contribution in [3.05, 3.63) is 23.8 Å². The highest BCUT2D eigenvalue weighted by Gasteiger charge is 2.16. The predicted molar refractivity (Wildman–Crippen MR) is 80.5 cm³/mol. The zero-order valence-electron chi connectivity index (χ0n) is 12.8. The Labute approximate surface area is 125 Å². The molecular formula is C15H24N2O4. The number of methoxy groups -OCH3 is 1. The Morgan fingerprint density at radius 1 is 1.38 bits per heavy atom. The van der Waals surface area contributed by atoms with Crippen LogP contribution in [0.1, 0.15) is 19.4 Å². The summed E-state index contributed by atoms with van der Waals surface area (Å²) >= 11 is 0. The fourth-order valence-corrected chi connectivity index (χ4v) is 1.71. The van der Waals surface area contributed by atoms with Gasteiger partial charge in [-0.3, -0.25) is 4.79 Å². The number of hydrogen-bond acceptors (Lipinski definition) is 5. The lowest BCUT2D eigenvalue weighted by Gasteiger charge is -2.17. The molecule has 0 radical (unpaired) electrons. The molecule has 0 aliphatic carbocycles. The van der Waals surface area contributed by atoms with Crippen LogP contribution in [0.4, 0.5) is 0 Å². The smallest absolute Gasteiger partial charge is 0.260 e. The van der Waals surface area contributed by atoms with Gasteiger partial charge in [0.15, 0.2) is 17.6 Å². The molecular weight excluding hydrogens is 272 g/mol. The van der Waals surface area contributed by atoms with Crippen molar-refractivity contribution < 1.29 is 19.0 Å². The molecule has 1 aromatic rings. The van der Waals surface area contributed by atoms with E-state index in [1.54, 1.807) is 20.1 Å². The van der Waals surface area contributed by atoms with Crippen molar-refractivity contribution in [3.63, 3.8) is 0 Å². The van der Waals surface area contributed by atoms with Gasteiger partial charge in [-0.25, -0.2) is 0 Å². The van der Waals surface area contributed by atoms with Crippen LogP contribution in [-0.4, -0.2) is 38.9 Å². The zero-order valence-corrected chi connectivity index (χ0v) is 12.8. The molecule has 0 aromatic heterocycles. The Morgan fingerprint density at radius 3 is 2.76 bits per heavy atom. The molecule has 0 fully saturated rings. The summed E-state index contributed by atoms with van der Waals surface area (Å²) in [7, 11) is 1.58. The van der Waals surface area contributed by atoms with Crippen LogP contribution in [0.15, 0.2) is 18.2 Å². The van der Waals surface area contributed by atoms with Crippen LogP contribution in [0.3, 0.4) is 0 Å². The maximum Gasteiger partial charge on any atom is 0.260 e. The molecule has 1 amide bonds. The number of rotatable bonds is 9. The fraction of sp³-hybridized carbons (Fsp3) is 0.533. The van der Waals surface area contributed by atoms with Gasteiger partial charge in [0.05, 0.1) is 13.2 Å². The number of amides is 1. The van der Waals surface area contributed by atoms with Crippen molar-refractivity contribution in [1.29, 1.82) is 0 Å². The van der Waals surface area contributed by atoms with Gasteiger partial charge < -0.3 is 25.3 Å². The highest BCUT2D eigenvalue weighted by atomic mass is 16.5. The van der Waals surface area contributed by atoms with Crippen molar-refractivity contribution >= 4 is 5.91 Å². The lowest BCUT2D eigenvalue weighted by Crippen LogP contribution is -2.38. The number of nitrogens with two attached hydrogens (primary N) is 1. The van der Waals surface area contributed by atoms with Gasteiger partial charge in [0.1, 0.15) is 0 Å². The van der Waals surface area contributed by atoms with Crippen LogP contribution in [0.25, 0.3) is 0 Å². The monoisotopic (exact) mass is 296 g/mol. The topological polar surface area (TPSA) is 82.8 Å². The first-order valence-electron chi connectivity index (χ1n) is 7.01. The quantitative estimate of drug-likeness (QED) is 0.666. The molecule has 0 aliphatic rings. The number of nitrogens with one attached hydrogen (secondary N) is 1. The van der Waals surface area contributed by atoms with Crippen molar-refractivity contribution in [2.24, 2.45) is 5.73 Å². The molecule has 1 unspecified atom stereocenters. The van der Waals surface area contributed by atoms with Crippen LogP contribution in [0.5, 0.6) is 11.5 Å². The first kappa shape index (κ1) is 17.3. The van der Waals surface area contributed by atoms with Crippen molar-refractivity contribution in [2.75, 3.05) is 26.9 Å². The van der Waals surface area contributed by atoms with Gasteiger partial charge in [-0.1, -0.05) is 6.07 Å². The van der Waals surface area contributed by atoms with E-state index in [9.17, 15) is 4.79 Å². The summed E-state index contributed by atoms with van der Waals surface area (Å²) in [5, 5.41) is 2.73. The summed E-state index contributed by atoms with van der Waals surface area (Å²) in [6.45, 7) is 5.43. The van der Waals surface area contributed by atoms with E-state index in [1.165, 1.54) is 0 Å². The number of hydrogen-bond donors (Lipinski definition) is 2. The van der Waals surface area contributed by atoms with Crippen LogP contribution in [-0.2, 0) is 16.1 Å². The van der Waals surface area contributed by atoms with Crippen LogP contribution >= 0.6 is 0 Å². The van der Waals surface area contributed by atoms with Crippen molar-refractivity contribution in [1.82, 2.24) is 5.32 Å². The lowest BCUT2D eigenvalue weighted by atomic mass is 10.2. The number of ether oxygens (including phenoxy) is 3. The number of carbonyl (C=O) groups is 1. The number of benzene rings is 1. The minimum absolute atomic E-state index is 0.197. The molecule has 0 bridgehead atoms. The summed E-state index contributed by atoms with van der Waals surface area (Å²) in [6.07, 6.45) is -0.621. The van der Waals surface area contributed by atoms with Gasteiger partial charge in [-0.2, -0.15) is 0 Å². The van der Waals surface area contributed by atoms with E-state index in [1.807, 2.05) is 19.1 Å². The molecule has 1 rings (SSSR count). The third-order valence-corrected chi connectivity index (χ3v) is 2.82. The molecule has 118 valence electrons. The maximum atomic E-state index is 11.9. The highest BCUT2D eigenvalue weighted by Crippen LogP contribution is 2.29. The molecule has 0 saturated carbocycles. The molecule has 1 atom stereocenters. The van der Waals surface area contributed by atoms with Gasteiger partial charge in [0.25, 0.3) is 5.91 Å². The van der Waals surface area contributed by atoms with Crippen LogP contribution in [0.2, 0.25) is 0 Å². The molecule has 6 heteroatoms. The van der Waals surface area contributed by atoms with Gasteiger partial charge in [0.2, 0.25) is 0 Å². The first-order valence-corrected chi connectivity index (χ1v) is 7.01.